The molecule has 0 saturated heterocycles. The van der Waals surface area contributed by atoms with Crippen molar-refractivity contribution in [1.29, 1.82) is 0 Å². The molecule has 0 saturated carbocycles. The van der Waals surface area contributed by atoms with Gasteiger partial charge in [-0.3, -0.25) is 9.59 Å². The van der Waals surface area contributed by atoms with Gasteiger partial charge < -0.3 is 14.6 Å². The van der Waals surface area contributed by atoms with Gasteiger partial charge in [0.05, 0.1) is 5.52 Å². The van der Waals surface area contributed by atoms with Gasteiger partial charge >= 0.3 is 0 Å². The lowest BCUT2D eigenvalue weighted by Crippen LogP contribution is -2.22. The van der Waals surface area contributed by atoms with Crippen molar-refractivity contribution in [2.45, 2.75) is 6.92 Å². The molecule has 0 atom stereocenters. The van der Waals surface area contributed by atoms with E-state index in [1.807, 2.05) is 37.3 Å². The van der Waals surface area contributed by atoms with Gasteiger partial charge in [0.2, 0.25) is 0 Å². The number of aryl methyl sites for hydroxylation is 2. The number of nitrogens with one attached hydrogen (secondary N) is 1. The number of carbonyl (C=O) groups is 1. The number of benzene rings is 1. The number of nitrogens with zero attached hydrogens (tertiary/aromatic N) is 2. The topological polar surface area (TPSA) is 73.2 Å². The van der Waals surface area contributed by atoms with Gasteiger partial charge in [-0.25, -0.2) is 4.98 Å². The standard InChI is InChI=1S/C18H17N3O3/c1-12-7-8-19-16(9-12)20-17(22)11-24-15-10-18(23)21(2)14-6-4-3-5-13(14)15/h3-10H,11H2,1-2H3,(H,19,20,22). The number of carbonyl (C=O) groups excluding carboxylic acids is 1. The maximum absolute atomic E-state index is 12.0. The molecule has 3 rings (SSSR count). The molecule has 1 aromatic carbocycles. The molecule has 0 aliphatic carbocycles. The van der Waals surface area contributed by atoms with E-state index < -0.39 is 0 Å². The normalized spacial score (nSPS) is 10.6. The highest BCUT2D eigenvalue weighted by atomic mass is 16.5. The molecule has 0 bridgehead atoms. The van der Waals surface area contributed by atoms with Crippen LogP contribution in [0.2, 0.25) is 0 Å². The zero-order chi connectivity index (χ0) is 17.1. The summed E-state index contributed by atoms with van der Waals surface area (Å²) in [6.07, 6.45) is 1.63. The predicted octanol–water partition coefficient (Wildman–Crippen LogP) is 2.26. The molecule has 1 N–H and O–H groups in total. The Morgan fingerprint density at radius 3 is 2.83 bits per heavy atom. The number of anilines is 1. The van der Waals surface area contributed by atoms with Gasteiger partial charge in [0.25, 0.3) is 11.5 Å². The van der Waals surface area contributed by atoms with Crippen LogP contribution in [0.15, 0.2) is 53.5 Å². The lowest BCUT2D eigenvalue weighted by Gasteiger charge is -2.11. The van der Waals surface area contributed by atoms with Crippen molar-refractivity contribution < 1.29 is 9.53 Å². The summed E-state index contributed by atoms with van der Waals surface area (Å²) >= 11 is 0. The van der Waals surface area contributed by atoms with Crippen LogP contribution in [0.25, 0.3) is 10.9 Å². The van der Waals surface area contributed by atoms with E-state index in [0.717, 1.165) is 16.5 Å². The first-order chi connectivity index (χ1) is 11.5. The smallest absolute Gasteiger partial charge is 0.263 e. The van der Waals surface area contributed by atoms with Gasteiger partial charge in [0, 0.05) is 24.7 Å². The molecule has 122 valence electrons. The van der Waals surface area contributed by atoms with E-state index in [0.29, 0.717) is 11.6 Å². The molecular weight excluding hydrogens is 306 g/mol. The van der Waals surface area contributed by atoms with Crippen LogP contribution in [0, 0.1) is 6.92 Å². The third kappa shape index (κ3) is 3.27. The fourth-order valence-corrected chi connectivity index (χ4v) is 2.43. The van der Waals surface area contributed by atoms with Crippen molar-refractivity contribution in [3.05, 3.63) is 64.6 Å². The number of fused-ring (bicyclic) bond motifs is 1. The summed E-state index contributed by atoms with van der Waals surface area (Å²) in [6.45, 7) is 1.71. The molecule has 6 heteroatoms. The molecule has 0 aliphatic heterocycles. The summed E-state index contributed by atoms with van der Waals surface area (Å²) in [6, 6.07) is 12.4. The predicted molar refractivity (Wildman–Crippen MR) is 92.3 cm³/mol. The van der Waals surface area contributed by atoms with Crippen molar-refractivity contribution >= 4 is 22.6 Å². The Labute approximate surface area is 138 Å². The van der Waals surface area contributed by atoms with E-state index >= 15 is 0 Å². The van der Waals surface area contributed by atoms with Crippen molar-refractivity contribution in [2.75, 3.05) is 11.9 Å². The molecule has 2 aromatic heterocycles. The maximum atomic E-state index is 12.0. The summed E-state index contributed by atoms with van der Waals surface area (Å²) in [5, 5.41) is 3.45. The number of rotatable bonds is 4. The number of pyridine rings is 2. The number of hydrogen-bond acceptors (Lipinski definition) is 4. The molecule has 1 amide bonds. The van der Waals surface area contributed by atoms with E-state index in [-0.39, 0.29) is 18.1 Å². The van der Waals surface area contributed by atoms with Crippen LogP contribution in [-0.2, 0) is 11.8 Å². The lowest BCUT2D eigenvalue weighted by molar-refractivity contribution is -0.118. The highest BCUT2D eigenvalue weighted by molar-refractivity contribution is 5.91. The van der Waals surface area contributed by atoms with Crippen LogP contribution >= 0.6 is 0 Å². The summed E-state index contributed by atoms with van der Waals surface area (Å²) in [5.74, 6) is 0.524. The molecular formula is C18H17N3O3. The van der Waals surface area contributed by atoms with E-state index in [2.05, 4.69) is 10.3 Å². The van der Waals surface area contributed by atoms with Crippen molar-refractivity contribution in [3.63, 3.8) is 0 Å². The Balaban J connectivity index is 1.77. The van der Waals surface area contributed by atoms with Crippen LogP contribution in [0.5, 0.6) is 5.75 Å². The van der Waals surface area contributed by atoms with Gasteiger partial charge in [-0.2, -0.15) is 0 Å². The Kier molecular flexibility index (Phi) is 4.29. The molecule has 0 fully saturated rings. The maximum Gasteiger partial charge on any atom is 0.263 e. The van der Waals surface area contributed by atoms with Gasteiger partial charge in [-0.15, -0.1) is 0 Å². The van der Waals surface area contributed by atoms with Crippen LogP contribution in [0.1, 0.15) is 5.56 Å². The monoisotopic (exact) mass is 323 g/mol. The van der Waals surface area contributed by atoms with Gasteiger partial charge in [0.15, 0.2) is 6.61 Å². The molecule has 0 radical (unpaired) electrons. The number of amides is 1. The number of para-hydroxylation sites is 1. The van der Waals surface area contributed by atoms with Crippen LogP contribution < -0.4 is 15.6 Å². The van der Waals surface area contributed by atoms with Crippen molar-refractivity contribution in [1.82, 2.24) is 9.55 Å². The lowest BCUT2D eigenvalue weighted by atomic mass is 10.2. The Bertz CT molecular complexity index is 963. The summed E-state index contributed by atoms with van der Waals surface area (Å²) in [7, 11) is 1.70. The molecule has 6 nitrogen and oxygen atoms in total. The van der Waals surface area contributed by atoms with Crippen LogP contribution in [0.3, 0.4) is 0 Å². The quantitative estimate of drug-likeness (QED) is 0.799. The zero-order valence-corrected chi connectivity index (χ0v) is 13.4. The van der Waals surface area contributed by atoms with Gasteiger partial charge in [-0.05, 0) is 36.8 Å². The number of ether oxygens (including phenoxy) is 1. The Morgan fingerprint density at radius 1 is 1.25 bits per heavy atom. The number of aromatic nitrogens is 2. The van der Waals surface area contributed by atoms with Crippen LogP contribution in [-0.4, -0.2) is 22.1 Å². The van der Waals surface area contributed by atoms with Crippen LogP contribution in [0.4, 0.5) is 5.82 Å². The number of hydrogen-bond donors (Lipinski definition) is 1. The first-order valence-corrected chi connectivity index (χ1v) is 7.48. The fourth-order valence-electron chi connectivity index (χ4n) is 2.43. The minimum Gasteiger partial charge on any atom is -0.483 e. The molecule has 0 unspecified atom stereocenters. The highest BCUT2D eigenvalue weighted by Gasteiger charge is 2.10. The van der Waals surface area contributed by atoms with Crippen molar-refractivity contribution in [3.8, 4) is 5.75 Å². The first-order valence-electron chi connectivity index (χ1n) is 7.48. The van der Waals surface area contributed by atoms with E-state index in [9.17, 15) is 9.59 Å². The van der Waals surface area contributed by atoms with Gasteiger partial charge in [0.1, 0.15) is 11.6 Å². The largest absolute Gasteiger partial charge is 0.483 e. The first kappa shape index (κ1) is 15.7. The third-order valence-electron chi connectivity index (χ3n) is 3.66. The Hall–Kier alpha value is -3.15. The second-order valence-electron chi connectivity index (χ2n) is 5.48. The van der Waals surface area contributed by atoms with E-state index in [1.54, 1.807) is 23.9 Å². The minimum atomic E-state index is -0.335. The SMILES string of the molecule is Cc1ccnc(NC(=O)COc2cc(=O)n(C)c3ccccc23)c1. The Morgan fingerprint density at radius 2 is 2.04 bits per heavy atom. The second kappa shape index (κ2) is 6.54. The fraction of sp³-hybridized carbons (Fsp3) is 0.167. The zero-order valence-electron chi connectivity index (χ0n) is 13.4. The van der Waals surface area contributed by atoms with Crippen molar-refractivity contribution in [2.24, 2.45) is 7.05 Å². The van der Waals surface area contributed by atoms with E-state index in [1.165, 1.54) is 6.07 Å². The highest BCUT2D eigenvalue weighted by Crippen LogP contribution is 2.22. The average molecular weight is 323 g/mol. The summed E-state index contributed by atoms with van der Waals surface area (Å²) < 4.78 is 7.11. The molecule has 0 aliphatic rings. The molecule has 2 heterocycles. The summed E-state index contributed by atoms with van der Waals surface area (Å²) in [4.78, 5) is 28.1. The van der Waals surface area contributed by atoms with E-state index in [4.69, 9.17) is 4.74 Å². The average Bonchev–Trinajstić information content (AvgIpc) is 2.57. The van der Waals surface area contributed by atoms with Gasteiger partial charge in [-0.1, -0.05) is 12.1 Å². The summed E-state index contributed by atoms with van der Waals surface area (Å²) in [5.41, 5.74) is 1.56. The molecule has 3 aromatic rings. The third-order valence-corrected chi connectivity index (χ3v) is 3.66. The minimum absolute atomic E-state index is 0.190. The molecule has 24 heavy (non-hydrogen) atoms. The second-order valence-corrected chi connectivity index (χ2v) is 5.48. The molecule has 0 spiro atoms.